The summed E-state index contributed by atoms with van der Waals surface area (Å²) in [6.45, 7) is 1.95. The first-order chi connectivity index (χ1) is 6.33. The van der Waals surface area contributed by atoms with Gasteiger partial charge in [0, 0.05) is 6.42 Å². The number of nitrogens with one attached hydrogen (secondary N) is 1. The molecule has 0 spiro atoms. The molecular formula is C8H15F3N2O. The van der Waals surface area contributed by atoms with Crippen LogP contribution in [0.4, 0.5) is 13.2 Å². The van der Waals surface area contributed by atoms with Crippen molar-refractivity contribution in [2.45, 2.75) is 38.4 Å². The van der Waals surface area contributed by atoms with E-state index >= 15 is 0 Å². The average molecular weight is 212 g/mol. The third-order valence-corrected chi connectivity index (χ3v) is 1.76. The number of halogens is 3. The quantitative estimate of drug-likeness (QED) is 0.649. The molecular weight excluding hydrogens is 197 g/mol. The molecule has 0 aliphatic rings. The summed E-state index contributed by atoms with van der Waals surface area (Å²) in [5.41, 5.74) is 4.94. The zero-order chi connectivity index (χ0) is 11.2. The van der Waals surface area contributed by atoms with Gasteiger partial charge in [-0.3, -0.25) is 4.79 Å². The minimum absolute atomic E-state index is 0.0714. The molecule has 0 aromatic rings. The van der Waals surface area contributed by atoms with Gasteiger partial charge in [0.15, 0.2) is 0 Å². The Balaban J connectivity index is 3.35. The molecule has 0 saturated carbocycles. The number of amides is 1. The molecule has 3 nitrogen and oxygen atoms in total. The minimum atomic E-state index is -4.09. The Bertz CT molecular complexity index is 182. The molecule has 0 aliphatic heterocycles. The van der Waals surface area contributed by atoms with Crippen molar-refractivity contribution in [2.24, 2.45) is 5.73 Å². The van der Waals surface area contributed by atoms with Gasteiger partial charge < -0.3 is 11.1 Å². The standard InChI is InChI=1S/C8H15F3N2O/c1-6(7(12)14)13-5-3-2-4-8(9,10)11/h6,13H,2-5H2,1H3,(H2,12,14). The third-order valence-electron chi connectivity index (χ3n) is 1.76. The maximum absolute atomic E-state index is 11.7. The van der Waals surface area contributed by atoms with Crippen molar-refractivity contribution in [3.8, 4) is 0 Å². The van der Waals surface area contributed by atoms with Crippen LogP contribution in [0, 0.1) is 0 Å². The van der Waals surface area contributed by atoms with Crippen LogP contribution in [-0.4, -0.2) is 24.7 Å². The fourth-order valence-electron chi connectivity index (χ4n) is 0.870. The van der Waals surface area contributed by atoms with Crippen LogP contribution in [0.2, 0.25) is 0 Å². The lowest BCUT2D eigenvalue weighted by molar-refractivity contribution is -0.135. The molecule has 0 heterocycles. The van der Waals surface area contributed by atoms with Crippen molar-refractivity contribution in [3.63, 3.8) is 0 Å². The highest BCUT2D eigenvalue weighted by molar-refractivity contribution is 5.79. The molecule has 0 aliphatic carbocycles. The van der Waals surface area contributed by atoms with Crippen molar-refractivity contribution in [2.75, 3.05) is 6.54 Å². The van der Waals surface area contributed by atoms with E-state index in [2.05, 4.69) is 5.32 Å². The summed E-state index contributed by atoms with van der Waals surface area (Å²) in [6.07, 6.45) is -4.41. The number of primary amides is 1. The fourth-order valence-corrected chi connectivity index (χ4v) is 0.870. The van der Waals surface area contributed by atoms with Crippen LogP contribution in [0.3, 0.4) is 0 Å². The van der Waals surface area contributed by atoms with E-state index in [4.69, 9.17) is 5.73 Å². The van der Waals surface area contributed by atoms with Crippen LogP contribution in [0.1, 0.15) is 26.2 Å². The third kappa shape index (κ3) is 7.85. The molecule has 0 bridgehead atoms. The molecule has 14 heavy (non-hydrogen) atoms. The van der Waals surface area contributed by atoms with E-state index in [9.17, 15) is 18.0 Å². The number of unbranched alkanes of at least 4 members (excludes halogenated alkanes) is 1. The molecule has 1 unspecified atom stereocenters. The van der Waals surface area contributed by atoms with Gasteiger partial charge in [-0.05, 0) is 26.3 Å². The Hall–Kier alpha value is -0.780. The molecule has 84 valence electrons. The summed E-state index contributed by atoms with van der Waals surface area (Å²) < 4.78 is 35.0. The first-order valence-electron chi connectivity index (χ1n) is 4.42. The predicted octanol–water partition coefficient (Wildman–Crippen LogP) is 1.18. The molecule has 0 rings (SSSR count). The number of hydrogen-bond donors (Lipinski definition) is 2. The zero-order valence-corrected chi connectivity index (χ0v) is 8.03. The fraction of sp³-hybridized carbons (Fsp3) is 0.875. The van der Waals surface area contributed by atoms with Gasteiger partial charge in [-0.2, -0.15) is 13.2 Å². The smallest absolute Gasteiger partial charge is 0.368 e. The van der Waals surface area contributed by atoms with Crippen LogP contribution < -0.4 is 11.1 Å². The Morgan fingerprint density at radius 3 is 2.43 bits per heavy atom. The van der Waals surface area contributed by atoms with E-state index in [1.165, 1.54) is 0 Å². The molecule has 3 N–H and O–H groups in total. The van der Waals surface area contributed by atoms with Crippen molar-refractivity contribution in [1.29, 1.82) is 0 Å². The number of hydrogen-bond acceptors (Lipinski definition) is 2. The number of carbonyl (C=O) groups excluding carboxylic acids is 1. The second-order valence-corrected chi connectivity index (χ2v) is 3.15. The number of rotatable bonds is 6. The molecule has 0 aromatic heterocycles. The van der Waals surface area contributed by atoms with Gasteiger partial charge in [0.25, 0.3) is 0 Å². The number of alkyl halides is 3. The first kappa shape index (κ1) is 13.2. The SMILES string of the molecule is CC(NCCCCC(F)(F)F)C(N)=O. The predicted molar refractivity (Wildman–Crippen MR) is 46.6 cm³/mol. The molecule has 0 aromatic carbocycles. The minimum Gasteiger partial charge on any atom is -0.368 e. The summed E-state index contributed by atoms with van der Waals surface area (Å²) in [7, 11) is 0. The number of nitrogens with two attached hydrogens (primary N) is 1. The summed E-state index contributed by atoms with van der Waals surface area (Å²) >= 11 is 0. The largest absolute Gasteiger partial charge is 0.389 e. The first-order valence-corrected chi connectivity index (χ1v) is 4.42. The van der Waals surface area contributed by atoms with E-state index in [0.717, 1.165) is 0 Å². The Morgan fingerprint density at radius 2 is 2.00 bits per heavy atom. The maximum atomic E-state index is 11.7. The molecule has 0 saturated heterocycles. The highest BCUT2D eigenvalue weighted by Crippen LogP contribution is 2.21. The van der Waals surface area contributed by atoms with E-state index in [0.29, 0.717) is 13.0 Å². The summed E-state index contributed by atoms with van der Waals surface area (Å²) in [5, 5.41) is 2.73. The summed E-state index contributed by atoms with van der Waals surface area (Å²) in [6, 6.07) is -0.485. The van der Waals surface area contributed by atoms with Crippen molar-refractivity contribution < 1.29 is 18.0 Å². The zero-order valence-electron chi connectivity index (χ0n) is 8.03. The van der Waals surface area contributed by atoms with E-state index in [1.807, 2.05) is 0 Å². The Morgan fingerprint density at radius 1 is 1.43 bits per heavy atom. The molecule has 0 fully saturated rings. The highest BCUT2D eigenvalue weighted by atomic mass is 19.4. The van der Waals surface area contributed by atoms with Crippen LogP contribution in [0.25, 0.3) is 0 Å². The Labute approximate surface area is 80.8 Å². The highest BCUT2D eigenvalue weighted by Gasteiger charge is 2.25. The maximum Gasteiger partial charge on any atom is 0.389 e. The van der Waals surface area contributed by atoms with Crippen LogP contribution in [-0.2, 0) is 4.79 Å². The van der Waals surface area contributed by atoms with Gasteiger partial charge in [0.2, 0.25) is 5.91 Å². The molecule has 1 amide bonds. The lowest BCUT2D eigenvalue weighted by Gasteiger charge is -2.10. The number of carbonyl (C=O) groups is 1. The van der Waals surface area contributed by atoms with Crippen molar-refractivity contribution >= 4 is 5.91 Å². The topological polar surface area (TPSA) is 55.1 Å². The van der Waals surface area contributed by atoms with E-state index < -0.39 is 24.5 Å². The molecule has 1 atom stereocenters. The summed E-state index contributed by atoms with van der Waals surface area (Å²) in [4.78, 5) is 10.5. The van der Waals surface area contributed by atoms with Gasteiger partial charge >= 0.3 is 6.18 Å². The lowest BCUT2D eigenvalue weighted by atomic mass is 10.2. The van der Waals surface area contributed by atoms with Gasteiger partial charge in [-0.1, -0.05) is 0 Å². The summed E-state index contributed by atoms with van der Waals surface area (Å²) in [5.74, 6) is -0.499. The van der Waals surface area contributed by atoms with Gasteiger partial charge in [0.1, 0.15) is 0 Å². The second kappa shape index (κ2) is 5.85. The average Bonchev–Trinajstić information content (AvgIpc) is 2.01. The van der Waals surface area contributed by atoms with Crippen LogP contribution in [0.15, 0.2) is 0 Å². The molecule has 6 heteroatoms. The van der Waals surface area contributed by atoms with E-state index in [-0.39, 0.29) is 6.42 Å². The Kier molecular flexibility index (Phi) is 5.52. The molecule has 0 radical (unpaired) electrons. The van der Waals surface area contributed by atoms with Crippen molar-refractivity contribution in [3.05, 3.63) is 0 Å². The lowest BCUT2D eigenvalue weighted by Crippen LogP contribution is -2.39. The second-order valence-electron chi connectivity index (χ2n) is 3.15. The van der Waals surface area contributed by atoms with Crippen molar-refractivity contribution in [1.82, 2.24) is 5.32 Å². The van der Waals surface area contributed by atoms with Crippen LogP contribution >= 0.6 is 0 Å². The van der Waals surface area contributed by atoms with Gasteiger partial charge in [-0.25, -0.2) is 0 Å². The normalized spacial score (nSPS) is 14.0. The van der Waals surface area contributed by atoms with Gasteiger partial charge in [-0.15, -0.1) is 0 Å². The van der Waals surface area contributed by atoms with Crippen LogP contribution in [0.5, 0.6) is 0 Å². The van der Waals surface area contributed by atoms with E-state index in [1.54, 1.807) is 6.92 Å². The van der Waals surface area contributed by atoms with Gasteiger partial charge in [0.05, 0.1) is 6.04 Å². The monoisotopic (exact) mass is 212 g/mol.